The van der Waals surface area contributed by atoms with Crippen LogP contribution in [0.15, 0.2) is 123 Å². The molecule has 5 unspecified atom stereocenters. The number of aromatic nitrogens is 4. The molecule has 0 amide bonds. The van der Waals surface area contributed by atoms with E-state index in [4.69, 9.17) is 32.2 Å². The Morgan fingerprint density at radius 1 is 0.694 bits per heavy atom. The molecule has 0 aliphatic carbocycles. The van der Waals surface area contributed by atoms with E-state index in [9.17, 15) is 43.4 Å². The fraction of sp³-hybridized carbons (Fsp3) is 0.400. The molecule has 2 fully saturated rings. The lowest BCUT2D eigenvalue weighted by atomic mass is 10.1. The average Bonchev–Trinajstić information content (AvgIpc) is 3.95. The molecule has 2 aliphatic heterocycles. The highest BCUT2D eigenvalue weighted by molar-refractivity contribution is 7.48. The van der Waals surface area contributed by atoms with Crippen molar-refractivity contribution in [3.63, 3.8) is 0 Å². The number of hydrogen-bond acceptors (Lipinski definition) is 16. The first-order chi connectivity index (χ1) is 34.1. The predicted octanol–water partition coefficient (Wildman–Crippen LogP) is 6.29. The second-order valence-corrected chi connectivity index (χ2v) is 25.3. The van der Waals surface area contributed by atoms with E-state index in [1.807, 2.05) is 39.9 Å². The van der Waals surface area contributed by atoms with Crippen LogP contribution >= 0.6 is 7.82 Å². The lowest BCUT2D eigenvalue weighted by Crippen LogP contribution is -2.45. The summed E-state index contributed by atoms with van der Waals surface area (Å²) in [4.78, 5) is 95.6. The summed E-state index contributed by atoms with van der Waals surface area (Å²) in [7, 11) is -7.35. The van der Waals surface area contributed by atoms with Crippen LogP contribution in [0.2, 0.25) is 18.1 Å². The van der Waals surface area contributed by atoms with Gasteiger partial charge in [0, 0.05) is 47.5 Å². The Bertz CT molecular complexity index is 3140. The highest BCUT2D eigenvalue weighted by atomic mass is 31.2. The summed E-state index contributed by atoms with van der Waals surface area (Å²) in [5, 5.41) is 9.18. The molecule has 5 aromatic rings. The molecule has 2 aliphatic rings. The summed E-state index contributed by atoms with van der Waals surface area (Å²) in [6.07, 6.45) is -5.45. The van der Waals surface area contributed by atoms with Crippen LogP contribution < -0.4 is 22.5 Å². The number of phosphoric acid groups is 1. The Morgan fingerprint density at radius 3 is 1.60 bits per heavy atom. The van der Waals surface area contributed by atoms with E-state index in [1.165, 1.54) is 62.6 Å². The fourth-order valence-electron chi connectivity index (χ4n) is 7.78. The largest absolute Gasteiger partial charge is 0.475 e. The summed E-state index contributed by atoms with van der Waals surface area (Å²) in [6.45, 7) is 11.7. The smallest absolute Gasteiger partial charge is 0.456 e. The number of carbonyl (C=O) groups is 3. The zero-order valence-corrected chi connectivity index (χ0v) is 42.7. The highest BCUT2D eigenvalue weighted by Gasteiger charge is 2.48. The summed E-state index contributed by atoms with van der Waals surface area (Å²) >= 11 is 0. The van der Waals surface area contributed by atoms with Gasteiger partial charge in [0.15, 0.2) is 8.32 Å². The molecule has 7 atom stereocenters. The number of rotatable bonds is 17. The maximum absolute atomic E-state index is 15.0. The van der Waals surface area contributed by atoms with Crippen molar-refractivity contribution in [1.29, 1.82) is 5.26 Å². The number of benzene rings is 3. The number of hydrogen-bond donors (Lipinski definition) is 0. The van der Waals surface area contributed by atoms with E-state index >= 15 is 0 Å². The van der Waals surface area contributed by atoms with Crippen LogP contribution in [0, 0.1) is 25.2 Å². The number of phosphoric ester groups is 1. The van der Waals surface area contributed by atoms with Crippen molar-refractivity contribution in [3.05, 3.63) is 173 Å². The van der Waals surface area contributed by atoms with Gasteiger partial charge in [0.2, 0.25) is 0 Å². The number of nitrogens with zero attached hydrogens (tertiary/aromatic N) is 5. The lowest BCUT2D eigenvalue weighted by molar-refractivity contribution is -0.0622. The van der Waals surface area contributed by atoms with Crippen LogP contribution in [-0.2, 0) is 36.8 Å². The molecule has 20 nitrogen and oxygen atoms in total. The molecule has 380 valence electrons. The molecular weight excluding hydrogens is 970 g/mol. The number of aryl methyl sites for hydroxylation is 2. The number of esters is 1. The van der Waals surface area contributed by atoms with Gasteiger partial charge in [-0.1, -0.05) is 75.4 Å². The monoisotopic (exact) mass is 1030 g/mol. The van der Waals surface area contributed by atoms with Crippen LogP contribution in [0.25, 0.3) is 0 Å². The Balaban J connectivity index is 1.21. The quantitative estimate of drug-likeness (QED) is 0.0430. The third kappa shape index (κ3) is 11.7. The van der Waals surface area contributed by atoms with E-state index in [0.29, 0.717) is 9.13 Å². The minimum atomic E-state index is -4.84. The van der Waals surface area contributed by atoms with Gasteiger partial charge in [-0.05, 0) is 68.4 Å². The first kappa shape index (κ1) is 53.3. The zero-order valence-electron chi connectivity index (χ0n) is 40.8. The topological polar surface area (TPSA) is 245 Å². The van der Waals surface area contributed by atoms with Gasteiger partial charge < -0.3 is 18.6 Å². The number of ether oxygens (including phenoxy) is 3. The molecule has 0 spiro atoms. The lowest BCUT2D eigenvalue weighted by Gasteiger charge is -2.37. The first-order valence-corrected chi connectivity index (χ1v) is 27.5. The highest BCUT2D eigenvalue weighted by Crippen LogP contribution is 2.54. The van der Waals surface area contributed by atoms with Gasteiger partial charge in [-0.3, -0.25) is 41.9 Å². The van der Waals surface area contributed by atoms with E-state index in [-0.39, 0.29) is 58.7 Å². The van der Waals surface area contributed by atoms with Gasteiger partial charge in [-0.25, -0.2) is 18.9 Å². The first-order valence-electron chi connectivity index (χ1n) is 23.2. The molecule has 2 saturated heterocycles. The van der Waals surface area contributed by atoms with E-state index in [1.54, 1.807) is 54.6 Å². The molecule has 3 aromatic carbocycles. The van der Waals surface area contributed by atoms with Crippen molar-refractivity contribution in [1.82, 2.24) is 18.3 Å². The van der Waals surface area contributed by atoms with Crippen molar-refractivity contribution in [2.45, 2.75) is 109 Å². The van der Waals surface area contributed by atoms with Crippen LogP contribution in [-0.4, -0.2) is 88.6 Å². The normalized spacial score (nSPS) is 20.9. The van der Waals surface area contributed by atoms with Crippen molar-refractivity contribution >= 4 is 33.9 Å². The minimum Gasteiger partial charge on any atom is -0.456 e. The van der Waals surface area contributed by atoms with E-state index < -0.39 is 107 Å². The molecule has 7 rings (SSSR count). The standard InChI is InChI=1S/C50H56N5O15PSi/c1-32-28-52(48(61)54(43(32)56)45(58)34-18-11-8-12-19-34)41-26-37(69-47(60)36-22-15-10-16-23-36)39(67-41)30-65-71(63,64-25-17-24-51)70-38-27-42(68-40(38)31-66-72(6,7)50(3,4)5)53-29-33(2)44(57)55(49(53)62)46(59)35-20-13-9-14-21-35/h8-16,18-23,28-29,37-42H,17,25-27,30-31H2,1-7H3/t37-,38-,39?,40?,41?,42?,71?/m1/s1. The molecular formula is C50H56N5O15PSi. The van der Waals surface area contributed by atoms with Gasteiger partial charge in [0.05, 0.1) is 37.9 Å². The molecule has 0 radical (unpaired) electrons. The van der Waals surface area contributed by atoms with E-state index in [2.05, 4.69) is 0 Å². The third-order valence-corrected chi connectivity index (χ3v) is 18.8. The molecule has 0 saturated carbocycles. The second-order valence-electron chi connectivity index (χ2n) is 18.9. The Labute approximate surface area is 414 Å². The van der Waals surface area contributed by atoms with Gasteiger partial charge >= 0.3 is 25.2 Å². The molecule has 0 N–H and O–H groups in total. The second kappa shape index (κ2) is 22.1. The van der Waals surface area contributed by atoms with Crippen LogP contribution in [0.3, 0.4) is 0 Å². The molecule has 72 heavy (non-hydrogen) atoms. The third-order valence-electron chi connectivity index (χ3n) is 12.8. The molecule has 2 aromatic heterocycles. The van der Waals surface area contributed by atoms with Crippen LogP contribution in [0.4, 0.5) is 0 Å². The van der Waals surface area contributed by atoms with Crippen molar-refractivity contribution < 1.29 is 51.2 Å². The Kier molecular flexibility index (Phi) is 16.4. The summed E-state index contributed by atoms with van der Waals surface area (Å²) in [6, 6.07) is 25.5. The van der Waals surface area contributed by atoms with Crippen molar-refractivity contribution in [2.75, 3.05) is 19.8 Å². The zero-order chi connectivity index (χ0) is 52.1. The van der Waals surface area contributed by atoms with Gasteiger partial charge in [0.25, 0.3) is 22.9 Å². The number of carbonyl (C=O) groups excluding carboxylic acids is 3. The average molecular weight is 1030 g/mol. The predicted molar refractivity (Wildman–Crippen MR) is 262 cm³/mol. The SMILES string of the molecule is Cc1cn(C2C[C@@H](OC(=O)c3ccccc3)C(COP(=O)(OCCC#N)O[C@@H]3CC(n4cc(C)c(=O)n(C(=O)c5ccccc5)c4=O)OC3CO[Si](C)(C)C(C)(C)C)O2)c(=O)n(C(=O)c2ccccc2)c1=O. The summed E-state index contributed by atoms with van der Waals surface area (Å²) in [5.74, 6) is -2.51. The minimum absolute atomic E-state index is 0.0204. The van der Waals surface area contributed by atoms with Crippen molar-refractivity contribution in [3.8, 4) is 6.07 Å². The van der Waals surface area contributed by atoms with Gasteiger partial charge in [0.1, 0.15) is 36.9 Å². The molecule has 22 heteroatoms. The fourth-order valence-corrected chi connectivity index (χ4v) is 10.2. The Hall–Kier alpha value is -6.47. The van der Waals surface area contributed by atoms with Gasteiger partial charge in [-0.15, -0.1) is 0 Å². The van der Waals surface area contributed by atoms with Crippen LogP contribution in [0.1, 0.15) is 94.7 Å². The molecule has 4 heterocycles. The summed E-state index contributed by atoms with van der Waals surface area (Å²) < 4.78 is 61.3. The van der Waals surface area contributed by atoms with Crippen LogP contribution in [0.5, 0.6) is 0 Å². The maximum atomic E-state index is 15.0. The molecule has 0 bridgehead atoms. The van der Waals surface area contributed by atoms with Crippen molar-refractivity contribution in [2.24, 2.45) is 0 Å². The van der Waals surface area contributed by atoms with Gasteiger partial charge in [-0.2, -0.15) is 14.4 Å². The van der Waals surface area contributed by atoms with E-state index in [0.717, 1.165) is 9.13 Å². The summed E-state index contributed by atoms with van der Waals surface area (Å²) in [5.41, 5.74) is -3.31. The Morgan fingerprint density at radius 2 is 1.14 bits per heavy atom. The maximum Gasteiger partial charge on any atom is 0.475 e. The number of nitriles is 1.